The number of aliphatic hydroxyl groups excluding tert-OH is 1. The lowest BCUT2D eigenvalue weighted by atomic mass is 10.0. The maximum Gasteiger partial charge on any atom is 0.0794 e. The molecule has 1 fully saturated rings. The van der Waals surface area contributed by atoms with Gasteiger partial charge in [-0.2, -0.15) is 5.10 Å². The number of H-pyrrole nitrogens is 1. The summed E-state index contributed by atoms with van der Waals surface area (Å²) in [5, 5.41) is 16.0. The topological polar surface area (TPSA) is 52.2 Å². The third kappa shape index (κ3) is 2.13. The summed E-state index contributed by atoms with van der Waals surface area (Å²) in [6.07, 6.45) is 3.85. The van der Waals surface area contributed by atoms with Crippen LogP contribution in [-0.2, 0) is 6.42 Å². The zero-order valence-corrected chi connectivity index (χ0v) is 8.48. The number of aromatic nitrogens is 2. The molecule has 4 heteroatoms. The zero-order chi connectivity index (χ0) is 9.97. The highest BCUT2D eigenvalue weighted by Crippen LogP contribution is 2.15. The van der Waals surface area contributed by atoms with Crippen LogP contribution in [-0.4, -0.2) is 45.4 Å². The molecule has 0 amide bonds. The molecule has 0 aliphatic carbocycles. The fourth-order valence-corrected chi connectivity index (χ4v) is 1.82. The van der Waals surface area contributed by atoms with Crippen molar-refractivity contribution < 1.29 is 5.11 Å². The summed E-state index contributed by atoms with van der Waals surface area (Å²) >= 11 is 0. The van der Waals surface area contributed by atoms with E-state index in [1.165, 1.54) is 5.69 Å². The van der Waals surface area contributed by atoms with Crippen molar-refractivity contribution in [2.45, 2.75) is 31.9 Å². The Morgan fingerprint density at radius 3 is 3.07 bits per heavy atom. The second kappa shape index (κ2) is 4.11. The van der Waals surface area contributed by atoms with Crippen LogP contribution in [0.2, 0.25) is 0 Å². The predicted molar refractivity (Wildman–Crippen MR) is 54.0 cm³/mol. The minimum absolute atomic E-state index is 0.0930. The van der Waals surface area contributed by atoms with E-state index in [4.69, 9.17) is 5.11 Å². The van der Waals surface area contributed by atoms with Gasteiger partial charge in [-0.15, -0.1) is 0 Å². The minimum Gasteiger partial charge on any atom is -0.390 e. The highest BCUT2D eigenvalue weighted by molar-refractivity contribution is 4.98. The molecule has 0 bridgehead atoms. The molecule has 78 valence electrons. The Morgan fingerprint density at radius 1 is 1.71 bits per heavy atom. The second-order valence-corrected chi connectivity index (χ2v) is 4.08. The summed E-state index contributed by atoms with van der Waals surface area (Å²) in [5.74, 6) is 0. The Kier molecular flexibility index (Phi) is 2.84. The quantitative estimate of drug-likeness (QED) is 0.731. The number of nitrogens with one attached hydrogen (secondary N) is 1. The van der Waals surface area contributed by atoms with Crippen LogP contribution in [0, 0.1) is 0 Å². The van der Waals surface area contributed by atoms with E-state index in [1.807, 2.05) is 6.07 Å². The molecule has 2 N–H and O–H groups in total. The van der Waals surface area contributed by atoms with Crippen molar-refractivity contribution in [1.82, 2.24) is 15.1 Å². The van der Waals surface area contributed by atoms with Crippen LogP contribution in [0.3, 0.4) is 0 Å². The number of hydrogen-bond donors (Lipinski definition) is 2. The molecular weight excluding hydrogens is 178 g/mol. The standard InChI is InChI=1S/C10H17N3O/c1-8(13-6-10(14)7-13)2-3-9-4-5-11-12-9/h4-5,8,10,14H,2-3,6-7H2,1H3,(H,11,12). The van der Waals surface area contributed by atoms with Crippen molar-refractivity contribution in [2.24, 2.45) is 0 Å². The van der Waals surface area contributed by atoms with Gasteiger partial charge in [-0.25, -0.2) is 0 Å². The number of aryl methyl sites for hydroxylation is 1. The van der Waals surface area contributed by atoms with Gasteiger partial charge >= 0.3 is 0 Å². The summed E-state index contributed by atoms with van der Waals surface area (Å²) in [4.78, 5) is 2.31. The van der Waals surface area contributed by atoms with Gasteiger partial charge in [0.05, 0.1) is 6.10 Å². The third-order valence-electron chi connectivity index (χ3n) is 2.90. The minimum atomic E-state index is -0.0930. The highest BCUT2D eigenvalue weighted by Gasteiger charge is 2.27. The number of hydrogen-bond acceptors (Lipinski definition) is 3. The lowest BCUT2D eigenvalue weighted by Crippen LogP contribution is -2.54. The lowest BCUT2D eigenvalue weighted by molar-refractivity contribution is -0.0220. The van der Waals surface area contributed by atoms with Gasteiger partial charge in [0.1, 0.15) is 0 Å². The van der Waals surface area contributed by atoms with E-state index in [-0.39, 0.29) is 6.10 Å². The van der Waals surface area contributed by atoms with Crippen molar-refractivity contribution in [1.29, 1.82) is 0 Å². The van der Waals surface area contributed by atoms with E-state index in [2.05, 4.69) is 22.0 Å². The van der Waals surface area contributed by atoms with Gasteiger partial charge in [0, 0.05) is 31.0 Å². The van der Waals surface area contributed by atoms with Gasteiger partial charge < -0.3 is 5.11 Å². The van der Waals surface area contributed by atoms with Crippen LogP contribution in [0.1, 0.15) is 19.0 Å². The van der Waals surface area contributed by atoms with E-state index < -0.39 is 0 Å². The molecule has 1 saturated heterocycles. The molecule has 1 aliphatic rings. The monoisotopic (exact) mass is 195 g/mol. The Labute approximate surface area is 83.9 Å². The molecule has 0 aromatic carbocycles. The Balaban J connectivity index is 1.70. The van der Waals surface area contributed by atoms with Crippen LogP contribution < -0.4 is 0 Å². The average Bonchev–Trinajstić information content (AvgIpc) is 2.61. The number of aromatic amines is 1. The molecule has 1 atom stereocenters. The normalized spacial score (nSPS) is 20.7. The Bertz CT molecular complexity index is 267. The maximum atomic E-state index is 9.16. The highest BCUT2D eigenvalue weighted by atomic mass is 16.3. The summed E-state index contributed by atoms with van der Waals surface area (Å²) in [6.45, 7) is 3.89. The Hall–Kier alpha value is -0.870. The first-order valence-corrected chi connectivity index (χ1v) is 5.16. The molecular formula is C10H17N3O. The number of rotatable bonds is 4. The SMILES string of the molecule is CC(CCc1ccn[nH]1)N1CC(O)C1. The smallest absolute Gasteiger partial charge is 0.0794 e. The fourth-order valence-electron chi connectivity index (χ4n) is 1.82. The first kappa shape index (κ1) is 9.68. The van der Waals surface area contributed by atoms with E-state index in [1.54, 1.807) is 6.20 Å². The second-order valence-electron chi connectivity index (χ2n) is 4.08. The van der Waals surface area contributed by atoms with Gasteiger partial charge in [0.2, 0.25) is 0 Å². The summed E-state index contributed by atoms with van der Waals surface area (Å²) in [7, 11) is 0. The van der Waals surface area contributed by atoms with Crippen LogP contribution in [0.5, 0.6) is 0 Å². The molecule has 1 aromatic rings. The summed E-state index contributed by atoms with van der Waals surface area (Å²) < 4.78 is 0. The Morgan fingerprint density at radius 2 is 2.50 bits per heavy atom. The first-order chi connectivity index (χ1) is 6.75. The predicted octanol–water partition coefficient (Wildman–Crippen LogP) is 0.407. The molecule has 2 rings (SSSR count). The fraction of sp³-hybridized carbons (Fsp3) is 0.700. The number of nitrogens with zero attached hydrogens (tertiary/aromatic N) is 2. The van der Waals surface area contributed by atoms with Crippen molar-refractivity contribution in [2.75, 3.05) is 13.1 Å². The number of aliphatic hydroxyl groups is 1. The summed E-state index contributed by atoms with van der Waals surface area (Å²) in [6, 6.07) is 2.57. The van der Waals surface area contributed by atoms with Crippen LogP contribution in [0.4, 0.5) is 0 Å². The molecule has 0 spiro atoms. The number of likely N-dealkylation sites (tertiary alicyclic amines) is 1. The molecule has 4 nitrogen and oxygen atoms in total. The van der Waals surface area contributed by atoms with E-state index >= 15 is 0 Å². The van der Waals surface area contributed by atoms with Crippen LogP contribution >= 0.6 is 0 Å². The molecule has 2 heterocycles. The molecule has 1 aromatic heterocycles. The van der Waals surface area contributed by atoms with Gasteiger partial charge in [0.25, 0.3) is 0 Å². The molecule has 1 unspecified atom stereocenters. The molecule has 0 saturated carbocycles. The van der Waals surface area contributed by atoms with Crippen molar-refractivity contribution in [3.8, 4) is 0 Å². The average molecular weight is 195 g/mol. The van der Waals surface area contributed by atoms with Gasteiger partial charge in [0.15, 0.2) is 0 Å². The van der Waals surface area contributed by atoms with E-state index in [9.17, 15) is 0 Å². The van der Waals surface area contributed by atoms with Crippen molar-refractivity contribution in [3.63, 3.8) is 0 Å². The largest absolute Gasteiger partial charge is 0.390 e. The van der Waals surface area contributed by atoms with Gasteiger partial charge in [-0.1, -0.05) is 0 Å². The van der Waals surface area contributed by atoms with Crippen LogP contribution in [0.15, 0.2) is 12.3 Å². The number of β-amino-alcohol motifs (C(OH)–C–C–N with tert-alkyl or cyclic N) is 1. The van der Waals surface area contributed by atoms with E-state index in [0.29, 0.717) is 6.04 Å². The van der Waals surface area contributed by atoms with E-state index in [0.717, 1.165) is 25.9 Å². The van der Waals surface area contributed by atoms with Gasteiger partial charge in [-0.05, 0) is 25.8 Å². The van der Waals surface area contributed by atoms with Gasteiger partial charge in [-0.3, -0.25) is 10.00 Å². The first-order valence-electron chi connectivity index (χ1n) is 5.16. The molecule has 1 aliphatic heterocycles. The van der Waals surface area contributed by atoms with Crippen LogP contribution in [0.25, 0.3) is 0 Å². The zero-order valence-electron chi connectivity index (χ0n) is 8.48. The van der Waals surface area contributed by atoms with Crippen molar-refractivity contribution >= 4 is 0 Å². The maximum absolute atomic E-state index is 9.16. The summed E-state index contributed by atoms with van der Waals surface area (Å²) in [5.41, 5.74) is 1.19. The molecule has 0 radical (unpaired) electrons. The molecule has 14 heavy (non-hydrogen) atoms. The van der Waals surface area contributed by atoms with Crippen molar-refractivity contribution in [3.05, 3.63) is 18.0 Å². The third-order valence-corrected chi connectivity index (χ3v) is 2.90. The lowest BCUT2D eigenvalue weighted by Gasteiger charge is -2.40.